The van der Waals surface area contributed by atoms with Gasteiger partial charge in [0.25, 0.3) is 0 Å². The predicted molar refractivity (Wildman–Crippen MR) is 69.5 cm³/mol. The summed E-state index contributed by atoms with van der Waals surface area (Å²) in [6, 6.07) is 0. The van der Waals surface area contributed by atoms with Gasteiger partial charge in [-0.15, -0.1) is 0 Å². The van der Waals surface area contributed by atoms with Gasteiger partial charge >= 0.3 is 0 Å². The SMILES string of the molecule is COCO[C@@]12CCC[C@H](C1=O)/C2=C\[Si](C)(C)C. The Kier molecular flexibility index (Phi) is 3.31. The van der Waals surface area contributed by atoms with Crippen LogP contribution in [-0.2, 0) is 14.3 Å². The van der Waals surface area contributed by atoms with Crippen LogP contribution in [0.4, 0.5) is 0 Å². The van der Waals surface area contributed by atoms with Crippen molar-refractivity contribution in [3.8, 4) is 0 Å². The van der Waals surface area contributed by atoms with Gasteiger partial charge in [0, 0.05) is 13.0 Å². The second-order valence-electron chi connectivity index (χ2n) is 6.15. The predicted octanol–water partition coefficient (Wildman–Crippen LogP) is 2.53. The molecule has 17 heavy (non-hydrogen) atoms. The summed E-state index contributed by atoms with van der Waals surface area (Å²) in [6.07, 6.45) is 2.93. The molecule has 0 aromatic carbocycles. The summed E-state index contributed by atoms with van der Waals surface area (Å²) in [4.78, 5) is 12.2. The summed E-state index contributed by atoms with van der Waals surface area (Å²) in [5.41, 5.74) is 3.00. The number of fused-ring (bicyclic) bond motifs is 2. The molecule has 0 amide bonds. The van der Waals surface area contributed by atoms with Gasteiger partial charge in [-0.05, 0) is 24.8 Å². The molecular formula is C13H22O3Si. The molecule has 3 saturated carbocycles. The largest absolute Gasteiger partial charge is 0.359 e. The highest BCUT2D eigenvalue weighted by Gasteiger charge is 2.61. The molecule has 4 heteroatoms. The Morgan fingerprint density at radius 1 is 1.47 bits per heavy atom. The van der Waals surface area contributed by atoms with Crippen molar-refractivity contribution < 1.29 is 14.3 Å². The molecule has 0 aromatic heterocycles. The number of carbonyl (C=O) groups is 1. The van der Waals surface area contributed by atoms with Crippen molar-refractivity contribution in [2.45, 2.75) is 44.5 Å². The van der Waals surface area contributed by atoms with Gasteiger partial charge in [0.15, 0.2) is 11.4 Å². The van der Waals surface area contributed by atoms with E-state index in [-0.39, 0.29) is 18.5 Å². The number of rotatable bonds is 4. The molecule has 0 aromatic rings. The van der Waals surface area contributed by atoms with Crippen LogP contribution in [-0.4, -0.2) is 33.4 Å². The van der Waals surface area contributed by atoms with Crippen LogP contribution in [0.1, 0.15) is 19.3 Å². The molecule has 0 radical (unpaired) electrons. The summed E-state index contributed by atoms with van der Waals surface area (Å²) in [5.74, 6) is 0.428. The number of carbonyl (C=O) groups excluding carboxylic acids is 1. The molecule has 0 saturated heterocycles. The summed E-state index contributed by atoms with van der Waals surface area (Å²) in [7, 11) is 0.292. The Labute approximate surface area is 104 Å². The lowest BCUT2D eigenvalue weighted by molar-refractivity contribution is -0.181. The average molecular weight is 254 g/mol. The lowest BCUT2D eigenvalue weighted by Gasteiger charge is -2.52. The van der Waals surface area contributed by atoms with Crippen LogP contribution < -0.4 is 0 Å². The Morgan fingerprint density at radius 2 is 2.18 bits per heavy atom. The van der Waals surface area contributed by atoms with Crippen molar-refractivity contribution in [2.24, 2.45) is 5.92 Å². The first kappa shape index (κ1) is 13.0. The van der Waals surface area contributed by atoms with Gasteiger partial charge in [0.1, 0.15) is 6.79 Å². The van der Waals surface area contributed by atoms with Crippen LogP contribution in [0.3, 0.4) is 0 Å². The van der Waals surface area contributed by atoms with Crippen molar-refractivity contribution in [3.63, 3.8) is 0 Å². The number of Topliss-reactive ketones (excluding diaryl/α,β-unsaturated/α-hetero) is 1. The van der Waals surface area contributed by atoms with Crippen LogP contribution in [0.25, 0.3) is 0 Å². The number of hydrogen-bond donors (Lipinski definition) is 0. The highest BCUT2D eigenvalue weighted by molar-refractivity contribution is 6.81. The molecule has 0 heterocycles. The highest BCUT2D eigenvalue weighted by atomic mass is 28.3. The molecule has 3 aliphatic carbocycles. The third-order valence-electron chi connectivity index (χ3n) is 3.59. The first-order valence-electron chi connectivity index (χ1n) is 6.31. The van der Waals surface area contributed by atoms with Crippen LogP contribution in [0.15, 0.2) is 11.3 Å². The molecule has 0 aliphatic heterocycles. The van der Waals surface area contributed by atoms with Crippen molar-refractivity contribution in [2.75, 3.05) is 13.9 Å². The Morgan fingerprint density at radius 3 is 2.71 bits per heavy atom. The van der Waals surface area contributed by atoms with Crippen molar-refractivity contribution in [1.82, 2.24) is 0 Å². The van der Waals surface area contributed by atoms with E-state index in [0.717, 1.165) is 19.3 Å². The molecular weight excluding hydrogens is 232 g/mol. The zero-order valence-electron chi connectivity index (χ0n) is 11.2. The van der Waals surface area contributed by atoms with E-state index in [9.17, 15) is 4.79 Å². The molecule has 96 valence electrons. The molecule has 2 atom stereocenters. The van der Waals surface area contributed by atoms with Gasteiger partial charge in [0.2, 0.25) is 0 Å². The minimum Gasteiger partial charge on any atom is -0.359 e. The van der Waals surface area contributed by atoms with Crippen LogP contribution in [0.2, 0.25) is 19.6 Å². The van der Waals surface area contributed by atoms with E-state index in [1.165, 1.54) is 5.57 Å². The standard InChI is InChI=1S/C13H22O3Si/c1-15-9-16-13-7-5-6-10(12(13)14)11(13)8-17(2,3)4/h8,10H,5-7,9H2,1-4H3/b11-8+/t10-,13+/m0/s1. The molecule has 0 unspecified atom stereocenters. The fraction of sp³-hybridized carbons (Fsp3) is 0.769. The Balaban J connectivity index is 2.26. The quantitative estimate of drug-likeness (QED) is 0.571. The second kappa shape index (κ2) is 4.34. The van der Waals surface area contributed by atoms with Gasteiger partial charge in [-0.2, -0.15) is 0 Å². The maximum atomic E-state index is 12.2. The van der Waals surface area contributed by atoms with Crippen LogP contribution in [0, 0.1) is 5.92 Å². The molecule has 3 nitrogen and oxygen atoms in total. The van der Waals surface area contributed by atoms with E-state index < -0.39 is 13.7 Å². The summed E-state index contributed by atoms with van der Waals surface area (Å²) >= 11 is 0. The monoisotopic (exact) mass is 254 g/mol. The molecule has 0 spiro atoms. The van der Waals surface area contributed by atoms with Crippen molar-refractivity contribution in [1.29, 1.82) is 0 Å². The fourth-order valence-corrected chi connectivity index (χ4v) is 4.32. The highest BCUT2D eigenvalue weighted by Crippen LogP contribution is 2.53. The van der Waals surface area contributed by atoms with Crippen molar-refractivity contribution >= 4 is 13.9 Å². The maximum Gasteiger partial charge on any atom is 0.176 e. The van der Waals surface area contributed by atoms with E-state index in [2.05, 4.69) is 25.3 Å². The van der Waals surface area contributed by atoms with Gasteiger partial charge in [-0.25, -0.2) is 0 Å². The number of ether oxygens (including phenoxy) is 2. The van der Waals surface area contributed by atoms with Crippen molar-refractivity contribution in [3.05, 3.63) is 11.3 Å². The minimum absolute atomic E-state index is 0.146. The average Bonchev–Trinajstić information content (AvgIpc) is 2.26. The molecule has 3 fully saturated rings. The van der Waals surface area contributed by atoms with E-state index in [4.69, 9.17) is 9.47 Å². The summed E-state index contributed by atoms with van der Waals surface area (Å²) in [6.45, 7) is 7.09. The third kappa shape index (κ3) is 2.14. The maximum absolute atomic E-state index is 12.2. The van der Waals surface area contributed by atoms with Gasteiger partial charge in [0.05, 0.1) is 8.07 Å². The zero-order chi connectivity index (χ0) is 12.7. The first-order chi connectivity index (χ1) is 7.91. The zero-order valence-corrected chi connectivity index (χ0v) is 12.2. The van der Waals surface area contributed by atoms with Crippen LogP contribution in [0.5, 0.6) is 0 Å². The van der Waals surface area contributed by atoms with Gasteiger partial charge in [-0.3, -0.25) is 4.79 Å². The second-order valence-corrected chi connectivity index (χ2v) is 11.2. The number of ketones is 1. The van der Waals surface area contributed by atoms with E-state index in [1.807, 2.05) is 0 Å². The first-order valence-corrected chi connectivity index (χ1v) is 9.89. The number of methoxy groups -OCH3 is 1. The fourth-order valence-electron chi connectivity index (χ4n) is 2.95. The van der Waals surface area contributed by atoms with Gasteiger partial charge < -0.3 is 9.47 Å². The lowest BCUT2D eigenvalue weighted by Crippen LogP contribution is -2.62. The van der Waals surface area contributed by atoms with E-state index >= 15 is 0 Å². The van der Waals surface area contributed by atoms with E-state index in [0.29, 0.717) is 0 Å². The molecule has 2 bridgehead atoms. The summed E-state index contributed by atoms with van der Waals surface area (Å²) in [5, 5.41) is 0. The molecule has 3 aliphatic rings. The minimum atomic E-state index is -1.31. The van der Waals surface area contributed by atoms with E-state index in [1.54, 1.807) is 7.11 Å². The van der Waals surface area contributed by atoms with Crippen LogP contribution >= 0.6 is 0 Å². The van der Waals surface area contributed by atoms with Gasteiger partial charge in [-0.1, -0.05) is 25.3 Å². The summed E-state index contributed by atoms with van der Waals surface area (Å²) < 4.78 is 10.7. The lowest BCUT2D eigenvalue weighted by atomic mass is 9.57. The normalized spacial score (nSPS) is 34.9. The Bertz CT molecular complexity index is 356. The smallest absolute Gasteiger partial charge is 0.176 e. The molecule has 3 rings (SSSR count). The topological polar surface area (TPSA) is 35.5 Å². The Hall–Kier alpha value is -0.453. The number of hydrogen-bond acceptors (Lipinski definition) is 3. The molecule has 0 N–H and O–H groups in total. The third-order valence-corrected chi connectivity index (χ3v) is 4.77.